The molecule has 0 aromatic rings. The molecule has 0 heterocycles. The first-order valence-electron chi connectivity index (χ1n) is 15.0. The summed E-state index contributed by atoms with van der Waals surface area (Å²) in [6.45, 7) is 21.2. The Morgan fingerprint density at radius 2 is 1.82 bits per heavy atom. The molecule has 0 radical (unpaired) electrons. The molecule has 40 heavy (non-hydrogen) atoms. The maximum absolute atomic E-state index is 11.8. The number of nitrogens with zero attached hydrogens (tertiary/aromatic N) is 2. The first kappa shape index (κ1) is 36.1. The lowest BCUT2D eigenvalue weighted by Gasteiger charge is -2.49. The number of hydrogen-bond acceptors (Lipinski definition) is 6. The fraction of sp³-hybridized carbons (Fsp3) is 0.750. The number of rotatable bonds is 8. The normalized spacial score (nSPS) is 27.8. The molecule has 0 aliphatic heterocycles. The Bertz CT molecular complexity index is 969. The number of likely N-dealkylation sites (N-methyl/N-ethyl adjacent to an activating group) is 1. The Morgan fingerprint density at radius 1 is 1.23 bits per heavy atom. The van der Waals surface area contributed by atoms with Gasteiger partial charge in [-0.3, -0.25) is 19.7 Å². The lowest BCUT2D eigenvalue weighted by Crippen LogP contribution is -2.46. The van der Waals surface area contributed by atoms with Gasteiger partial charge in [-0.05, 0) is 107 Å². The molecule has 3 rings (SSSR count). The van der Waals surface area contributed by atoms with Crippen LogP contribution in [0.1, 0.15) is 108 Å². The minimum absolute atomic E-state index is 0.0308. The Hall–Kier alpha value is -1.93. The lowest BCUT2D eigenvalue weighted by atomic mass is 9.56. The summed E-state index contributed by atoms with van der Waals surface area (Å²) in [6, 6.07) is 0. The van der Waals surface area contributed by atoms with Crippen molar-refractivity contribution in [3.05, 3.63) is 45.0 Å². The number of nitrogens with two attached hydrogens (primary N) is 1. The van der Waals surface area contributed by atoms with Crippen molar-refractivity contribution in [3.8, 4) is 0 Å². The van der Waals surface area contributed by atoms with E-state index in [0.29, 0.717) is 17.9 Å². The van der Waals surface area contributed by atoms with E-state index in [1.165, 1.54) is 38.1 Å². The first-order valence-corrected chi connectivity index (χ1v) is 15.8. The lowest BCUT2D eigenvalue weighted by molar-refractivity contribution is -0.419. The molecule has 0 aromatic heterocycles. The van der Waals surface area contributed by atoms with Crippen LogP contribution in [0.15, 0.2) is 34.9 Å². The van der Waals surface area contributed by atoms with E-state index in [1.807, 2.05) is 37.2 Å². The third kappa shape index (κ3) is 10.2. The molecule has 0 spiro atoms. The van der Waals surface area contributed by atoms with Crippen LogP contribution in [0.2, 0.25) is 0 Å². The van der Waals surface area contributed by atoms with Crippen LogP contribution in [0.25, 0.3) is 0 Å². The smallest absolute Gasteiger partial charge is 0.280 e. The van der Waals surface area contributed by atoms with E-state index < -0.39 is 5.54 Å². The molecule has 1 amide bonds. The number of nitro groups is 1. The molecule has 3 aliphatic carbocycles. The second-order valence-electron chi connectivity index (χ2n) is 13.0. The zero-order valence-electron chi connectivity index (χ0n) is 26.7. The van der Waals surface area contributed by atoms with Gasteiger partial charge >= 0.3 is 0 Å². The average Bonchev–Trinajstić information content (AvgIpc) is 3.11. The molecule has 0 saturated heterocycles. The number of carbonyl (C=O) groups excluding carboxylic acids is 2. The van der Waals surface area contributed by atoms with Gasteiger partial charge in [-0.25, -0.2) is 4.31 Å². The molecular formula is C32H55N3O4S. The van der Waals surface area contributed by atoms with Gasteiger partial charge in [0.1, 0.15) is 10.7 Å². The number of Topliss-reactive ketones (excluding diaryl/α,β-unsaturated/α-hetero) is 1. The van der Waals surface area contributed by atoms with Gasteiger partial charge in [-0.1, -0.05) is 67.0 Å². The first-order chi connectivity index (χ1) is 18.5. The van der Waals surface area contributed by atoms with Crippen LogP contribution in [-0.2, 0) is 9.59 Å². The summed E-state index contributed by atoms with van der Waals surface area (Å²) in [6.07, 6.45) is 13.5. The molecule has 2 N–H and O–H groups in total. The van der Waals surface area contributed by atoms with Crippen LogP contribution in [0.4, 0.5) is 0 Å². The van der Waals surface area contributed by atoms with Gasteiger partial charge in [-0.2, -0.15) is 0 Å². The highest BCUT2D eigenvalue weighted by molar-refractivity contribution is 8.01. The quantitative estimate of drug-likeness (QED) is 0.178. The van der Waals surface area contributed by atoms with Gasteiger partial charge in [0, 0.05) is 12.0 Å². The Balaban J connectivity index is 0.000000351. The highest BCUT2D eigenvalue weighted by Crippen LogP contribution is 2.52. The Morgan fingerprint density at radius 3 is 2.30 bits per heavy atom. The number of primary amides is 1. The topological polar surface area (TPSA) is 107 Å². The number of ketones is 1. The molecular weight excluding hydrogens is 522 g/mol. The molecule has 2 bridgehead atoms. The van der Waals surface area contributed by atoms with Gasteiger partial charge in [-0.15, -0.1) is 0 Å². The zero-order chi connectivity index (χ0) is 30.8. The van der Waals surface area contributed by atoms with E-state index in [9.17, 15) is 19.7 Å². The second-order valence-corrected chi connectivity index (χ2v) is 14.1. The van der Waals surface area contributed by atoms with Crippen molar-refractivity contribution in [3.63, 3.8) is 0 Å². The van der Waals surface area contributed by atoms with Gasteiger partial charge in [0.25, 0.3) is 5.70 Å². The van der Waals surface area contributed by atoms with Crippen molar-refractivity contribution < 1.29 is 14.5 Å². The fourth-order valence-electron chi connectivity index (χ4n) is 5.59. The van der Waals surface area contributed by atoms with Crippen molar-refractivity contribution in [1.82, 2.24) is 4.31 Å². The molecule has 2 saturated carbocycles. The van der Waals surface area contributed by atoms with Crippen LogP contribution < -0.4 is 5.73 Å². The van der Waals surface area contributed by atoms with E-state index >= 15 is 0 Å². The van der Waals surface area contributed by atoms with E-state index in [4.69, 9.17) is 5.73 Å². The summed E-state index contributed by atoms with van der Waals surface area (Å²) in [5.74, 6) is 3.89. The SMILES string of the molecule is CC1CC2CC(CC(C)(C(N)=O)C2)C1C.CCC(C)C.CCN(SC1=CC=CCC=C1[N+](=O)[O-])C(C)(C)C(C)=O. The van der Waals surface area contributed by atoms with Gasteiger partial charge < -0.3 is 5.73 Å². The largest absolute Gasteiger partial charge is 0.369 e. The summed E-state index contributed by atoms with van der Waals surface area (Å²) in [7, 11) is 0. The molecule has 5 unspecified atom stereocenters. The second kappa shape index (κ2) is 15.9. The van der Waals surface area contributed by atoms with Crippen LogP contribution in [0.5, 0.6) is 0 Å². The number of fused-ring (bicyclic) bond motifs is 2. The molecule has 2 fully saturated rings. The predicted molar refractivity (Wildman–Crippen MR) is 168 cm³/mol. The van der Waals surface area contributed by atoms with E-state index in [-0.39, 0.29) is 27.7 Å². The molecule has 0 aromatic carbocycles. The Labute approximate surface area is 247 Å². The van der Waals surface area contributed by atoms with Gasteiger partial charge in [0.2, 0.25) is 5.91 Å². The molecule has 8 heteroatoms. The van der Waals surface area contributed by atoms with E-state index in [0.717, 1.165) is 42.4 Å². The standard InChI is InChI=1S/C14H20N2O3S.C13H23NO.C5H12/c1-5-15(14(3,4)11(2)17)20-13-10-8-6-7-9-12(13)16(18)19;1-8-4-10-5-11(9(8)2)7-13(3,6-10)12(14)15;1-4-5(2)3/h6,8-10H,5,7H2,1-4H3;8-11H,4-7H2,1-3H3,(H2,14,15);5H,4H2,1-3H3. The van der Waals surface area contributed by atoms with Crippen LogP contribution in [0.3, 0.4) is 0 Å². The van der Waals surface area contributed by atoms with E-state index in [2.05, 4.69) is 41.5 Å². The summed E-state index contributed by atoms with van der Waals surface area (Å²) in [5, 5.41) is 11.1. The maximum Gasteiger partial charge on any atom is 0.280 e. The van der Waals surface area contributed by atoms with Crippen LogP contribution in [0, 0.1) is 45.1 Å². The van der Waals surface area contributed by atoms with Gasteiger partial charge in [0.15, 0.2) is 0 Å². The summed E-state index contributed by atoms with van der Waals surface area (Å²) < 4.78 is 1.87. The monoisotopic (exact) mass is 577 g/mol. The summed E-state index contributed by atoms with van der Waals surface area (Å²) >= 11 is 1.26. The van der Waals surface area contributed by atoms with Crippen LogP contribution in [-0.4, -0.2) is 33.0 Å². The Kier molecular flexibility index (Phi) is 14.4. The van der Waals surface area contributed by atoms with Crippen molar-refractivity contribution in [2.24, 2.45) is 40.7 Å². The number of amides is 1. The number of carbonyl (C=O) groups is 2. The van der Waals surface area contributed by atoms with Crippen molar-refractivity contribution in [2.75, 3.05) is 6.54 Å². The van der Waals surface area contributed by atoms with E-state index in [1.54, 1.807) is 12.2 Å². The highest BCUT2D eigenvalue weighted by atomic mass is 32.2. The minimum atomic E-state index is -0.669. The molecule has 7 nitrogen and oxygen atoms in total. The zero-order valence-corrected chi connectivity index (χ0v) is 27.5. The molecule has 3 aliphatic rings. The maximum atomic E-state index is 11.8. The van der Waals surface area contributed by atoms with Crippen molar-refractivity contribution >= 4 is 23.6 Å². The predicted octanol–water partition coefficient (Wildman–Crippen LogP) is 7.95. The summed E-state index contributed by atoms with van der Waals surface area (Å²) in [5.41, 5.74) is 4.75. The summed E-state index contributed by atoms with van der Waals surface area (Å²) in [4.78, 5) is 34.6. The van der Waals surface area contributed by atoms with Crippen molar-refractivity contribution in [1.29, 1.82) is 0 Å². The molecule has 5 atom stereocenters. The third-order valence-electron chi connectivity index (χ3n) is 9.11. The highest BCUT2D eigenvalue weighted by Gasteiger charge is 2.46. The van der Waals surface area contributed by atoms with Crippen molar-refractivity contribution in [2.45, 2.75) is 113 Å². The number of hydrogen-bond donors (Lipinski definition) is 1. The minimum Gasteiger partial charge on any atom is -0.369 e. The average molecular weight is 578 g/mol. The molecule has 228 valence electrons. The fourth-order valence-corrected chi connectivity index (χ4v) is 6.70. The van der Waals surface area contributed by atoms with Crippen LogP contribution >= 0.6 is 11.9 Å². The van der Waals surface area contributed by atoms with Gasteiger partial charge in [0.05, 0.1) is 10.5 Å². The number of allylic oxidation sites excluding steroid dienone is 4. The third-order valence-corrected chi connectivity index (χ3v) is 10.6.